The number of hydrogen-bond donors (Lipinski definition) is 1. The van der Waals surface area contributed by atoms with E-state index < -0.39 is 0 Å². The highest BCUT2D eigenvalue weighted by Crippen LogP contribution is 2.26. The van der Waals surface area contributed by atoms with Crippen LogP contribution in [0.4, 0.5) is 0 Å². The van der Waals surface area contributed by atoms with Crippen LogP contribution in [0.2, 0.25) is 0 Å². The van der Waals surface area contributed by atoms with E-state index in [1.807, 2.05) is 6.92 Å². The second-order valence-electron chi connectivity index (χ2n) is 6.45. The molecule has 11 heteroatoms. The molecule has 4 aromatic rings. The minimum atomic E-state index is -0.377. The van der Waals surface area contributed by atoms with Crippen molar-refractivity contribution >= 4 is 34.2 Å². The molecule has 4 rings (SSSR count). The van der Waals surface area contributed by atoms with Crippen molar-refractivity contribution < 1.29 is 42.6 Å². The minimum absolute atomic E-state index is 0.198. The Morgan fingerprint density at radius 2 is 1.20 bits per heavy atom. The van der Waals surface area contributed by atoms with E-state index in [1.165, 1.54) is 18.2 Å². The van der Waals surface area contributed by atoms with E-state index in [0.29, 0.717) is 11.2 Å². The molecule has 182 valence electrons. The zero-order valence-corrected chi connectivity index (χ0v) is 18.9. The number of fused-ring (bicyclic) bond motifs is 2. The maximum absolute atomic E-state index is 11.0. The molecular formula is C24H20O11. The van der Waals surface area contributed by atoms with E-state index in [2.05, 4.69) is 0 Å². The van der Waals surface area contributed by atoms with Crippen molar-refractivity contribution in [3.8, 4) is 11.5 Å². The first-order chi connectivity index (χ1) is 16.7. The van der Waals surface area contributed by atoms with E-state index in [-0.39, 0.29) is 36.1 Å². The van der Waals surface area contributed by atoms with Gasteiger partial charge in [0, 0.05) is 41.1 Å². The van der Waals surface area contributed by atoms with E-state index in [9.17, 15) is 14.7 Å². The number of rotatable bonds is 3. The van der Waals surface area contributed by atoms with E-state index in [4.69, 9.17) is 37.5 Å². The van der Waals surface area contributed by atoms with Gasteiger partial charge in [-0.25, -0.2) is 9.59 Å². The van der Waals surface area contributed by atoms with Gasteiger partial charge >= 0.3 is 23.6 Å². The Bertz CT molecular complexity index is 1440. The smallest absolute Gasteiger partial charge is 0.373 e. The lowest BCUT2D eigenvalue weighted by Crippen LogP contribution is -2.01. The van der Waals surface area contributed by atoms with Crippen LogP contribution < -0.4 is 16.0 Å². The molecule has 2 aromatic heterocycles. The molecule has 0 aliphatic heterocycles. The second kappa shape index (κ2) is 14.4. The van der Waals surface area contributed by atoms with Gasteiger partial charge in [0.2, 0.25) is 0 Å². The standard InChI is InChI=1S/C12H12O4.C10H8O3.2CO2/c1-8-9-3-6-12(13)16-11(9)5-4-10(8)15-7-14-2;1-6-7-2-5-10(12)13-9(7)4-3-8(6)11;2*2-1-3/h3-6H,7H2,1-2H3;2-5,11H,1H3;;. The fourth-order valence-electron chi connectivity index (χ4n) is 2.83. The molecule has 0 saturated carbocycles. The monoisotopic (exact) mass is 484 g/mol. The molecule has 0 aliphatic rings. The van der Waals surface area contributed by atoms with Crippen molar-refractivity contribution in [1.82, 2.24) is 0 Å². The maximum Gasteiger partial charge on any atom is 0.373 e. The first-order valence-electron chi connectivity index (χ1n) is 9.60. The third-order valence-corrected chi connectivity index (χ3v) is 4.40. The largest absolute Gasteiger partial charge is 0.508 e. The van der Waals surface area contributed by atoms with Crippen LogP contribution >= 0.6 is 0 Å². The van der Waals surface area contributed by atoms with Crippen molar-refractivity contribution in [3.63, 3.8) is 0 Å². The molecular weight excluding hydrogens is 464 g/mol. The summed E-state index contributed by atoms with van der Waals surface area (Å²) in [5.74, 6) is 0.935. The fraction of sp³-hybridized carbons (Fsp3) is 0.167. The lowest BCUT2D eigenvalue weighted by atomic mass is 10.1. The molecule has 2 heterocycles. The van der Waals surface area contributed by atoms with Crippen molar-refractivity contribution in [2.45, 2.75) is 13.8 Å². The number of carbonyl (C=O) groups excluding carboxylic acids is 4. The van der Waals surface area contributed by atoms with Gasteiger partial charge in [0.1, 0.15) is 22.7 Å². The lowest BCUT2D eigenvalue weighted by Gasteiger charge is -2.09. The predicted octanol–water partition coefficient (Wildman–Crippen LogP) is 2.72. The molecule has 0 spiro atoms. The average molecular weight is 484 g/mol. The Balaban J connectivity index is 0.000000290. The van der Waals surface area contributed by atoms with Gasteiger partial charge in [-0.2, -0.15) is 19.2 Å². The van der Waals surface area contributed by atoms with Gasteiger partial charge < -0.3 is 23.4 Å². The minimum Gasteiger partial charge on any atom is -0.508 e. The third kappa shape index (κ3) is 8.23. The summed E-state index contributed by atoms with van der Waals surface area (Å²) in [7, 11) is 1.56. The van der Waals surface area contributed by atoms with Crippen LogP contribution in [-0.2, 0) is 23.9 Å². The first kappa shape index (κ1) is 28.2. The number of benzene rings is 2. The zero-order chi connectivity index (χ0) is 26.4. The fourth-order valence-corrected chi connectivity index (χ4v) is 2.83. The Labute approximate surface area is 197 Å². The van der Waals surface area contributed by atoms with Crippen LogP contribution in [-0.4, -0.2) is 31.3 Å². The summed E-state index contributed by atoms with van der Waals surface area (Å²) in [6, 6.07) is 12.7. The van der Waals surface area contributed by atoms with Crippen molar-refractivity contribution in [1.29, 1.82) is 0 Å². The van der Waals surface area contributed by atoms with Crippen LogP contribution in [0, 0.1) is 13.8 Å². The molecule has 1 N–H and O–H groups in total. The van der Waals surface area contributed by atoms with Crippen LogP contribution in [0.3, 0.4) is 0 Å². The predicted molar refractivity (Wildman–Crippen MR) is 119 cm³/mol. The van der Waals surface area contributed by atoms with Crippen LogP contribution in [0.1, 0.15) is 11.1 Å². The SMILES string of the molecule is COCOc1ccc2oc(=O)ccc2c1C.Cc1c(O)ccc2oc(=O)ccc12.O=C=O.O=C=O. The molecule has 35 heavy (non-hydrogen) atoms. The van der Waals surface area contributed by atoms with E-state index in [0.717, 1.165) is 27.6 Å². The van der Waals surface area contributed by atoms with E-state index >= 15 is 0 Å². The van der Waals surface area contributed by atoms with Gasteiger partial charge in [0.25, 0.3) is 0 Å². The number of ether oxygens (including phenoxy) is 2. The number of aryl methyl sites for hydroxylation is 2. The van der Waals surface area contributed by atoms with Gasteiger partial charge in [0.05, 0.1) is 0 Å². The summed E-state index contributed by atoms with van der Waals surface area (Å²) in [5.41, 5.74) is 1.99. The molecule has 0 saturated heterocycles. The Kier molecular flexibility index (Phi) is 11.6. The normalized spacial score (nSPS) is 9.23. The molecule has 11 nitrogen and oxygen atoms in total. The van der Waals surface area contributed by atoms with Crippen LogP contribution in [0.15, 0.2) is 67.0 Å². The molecule has 0 radical (unpaired) electrons. The second-order valence-corrected chi connectivity index (χ2v) is 6.45. The summed E-state index contributed by atoms with van der Waals surface area (Å²) in [4.78, 5) is 54.4. The maximum atomic E-state index is 11.0. The topological polar surface area (TPSA) is 167 Å². The molecule has 0 unspecified atom stereocenters. The lowest BCUT2D eigenvalue weighted by molar-refractivity contribution is -0.193. The van der Waals surface area contributed by atoms with Gasteiger partial charge in [0.15, 0.2) is 6.79 Å². The highest BCUT2D eigenvalue weighted by molar-refractivity contribution is 5.83. The molecule has 0 aliphatic carbocycles. The number of phenolic OH excluding ortho intramolecular Hbond substituents is 1. The van der Waals surface area contributed by atoms with Crippen LogP contribution in [0.5, 0.6) is 11.5 Å². The van der Waals surface area contributed by atoms with Gasteiger partial charge in [-0.05, 0) is 50.2 Å². The molecule has 2 aromatic carbocycles. The number of methoxy groups -OCH3 is 1. The molecule has 0 atom stereocenters. The highest BCUT2D eigenvalue weighted by atomic mass is 16.7. The van der Waals surface area contributed by atoms with Crippen LogP contribution in [0.25, 0.3) is 21.9 Å². The molecule has 0 bridgehead atoms. The van der Waals surface area contributed by atoms with Gasteiger partial charge in [-0.1, -0.05) is 0 Å². The third-order valence-electron chi connectivity index (χ3n) is 4.40. The molecule has 0 amide bonds. The van der Waals surface area contributed by atoms with E-state index in [1.54, 1.807) is 44.4 Å². The quantitative estimate of drug-likeness (QED) is 0.335. The Hall–Kier alpha value is -4.82. The number of hydrogen-bond acceptors (Lipinski definition) is 11. The van der Waals surface area contributed by atoms with Crippen molar-refractivity contribution in [2.75, 3.05) is 13.9 Å². The summed E-state index contributed by atoms with van der Waals surface area (Å²) >= 11 is 0. The summed E-state index contributed by atoms with van der Waals surface area (Å²) in [5, 5.41) is 11.0. The number of aromatic hydroxyl groups is 1. The average Bonchev–Trinajstić information content (AvgIpc) is 2.82. The summed E-state index contributed by atoms with van der Waals surface area (Å²) in [6.07, 6.45) is 0.500. The van der Waals surface area contributed by atoms with Crippen molar-refractivity contribution in [2.24, 2.45) is 0 Å². The summed E-state index contributed by atoms with van der Waals surface area (Å²) in [6.45, 7) is 3.88. The Morgan fingerprint density at radius 1 is 0.743 bits per heavy atom. The molecule has 0 fully saturated rings. The van der Waals surface area contributed by atoms with Gasteiger partial charge in [-0.15, -0.1) is 0 Å². The summed E-state index contributed by atoms with van der Waals surface area (Å²) < 4.78 is 20.2. The number of phenols is 1. The zero-order valence-electron chi connectivity index (χ0n) is 18.9. The Morgan fingerprint density at radius 3 is 1.69 bits per heavy atom. The first-order valence-corrected chi connectivity index (χ1v) is 9.60. The van der Waals surface area contributed by atoms with Gasteiger partial charge in [-0.3, -0.25) is 0 Å². The van der Waals surface area contributed by atoms with Crippen molar-refractivity contribution in [3.05, 3.63) is 80.5 Å². The highest BCUT2D eigenvalue weighted by Gasteiger charge is 2.06.